The van der Waals surface area contributed by atoms with Gasteiger partial charge < -0.3 is 13.9 Å². The van der Waals surface area contributed by atoms with Crippen LogP contribution in [-0.4, -0.2) is 53.3 Å². The molecule has 1 fully saturated rings. The molecule has 0 amide bonds. The quantitative estimate of drug-likeness (QED) is 0.304. The molecule has 7 nitrogen and oxygen atoms in total. The number of fused-ring (bicyclic) bond motifs is 1. The third kappa shape index (κ3) is 4.77. The zero-order valence-corrected chi connectivity index (χ0v) is 18.7. The first-order valence-electron chi connectivity index (χ1n) is 10.6. The molecule has 1 aliphatic rings. The number of rotatable bonds is 7. The maximum atomic E-state index is 5.71. The van der Waals surface area contributed by atoms with Crippen molar-refractivity contribution in [1.82, 2.24) is 19.9 Å². The van der Waals surface area contributed by atoms with Crippen LogP contribution in [0, 0.1) is 0 Å². The van der Waals surface area contributed by atoms with Gasteiger partial charge in [-0.05, 0) is 30.3 Å². The molecule has 0 saturated carbocycles. The van der Waals surface area contributed by atoms with Gasteiger partial charge >= 0.3 is 0 Å². The molecule has 0 unspecified atom stereocenters. The summed E-state index contributed by atoms with van der Waals surface area (Å²) in [5, 5.41) is 2.02. The van der Waals surface area contributed by atoms with Crippen molar-refractivity contribution < 1.29 is 13.9 Å². The lowest BCUT2D eigenvalue weighted by Crippen LogP contribution is -2.36. The van der Waals surface area contributed by atoms with Crippen molar-refractivity contribution in [1.29, 1.82) is 0 Å². The molecule has 164 valence electrons. The Morgan fingerprint density at radius 2 is 1.81 bits per heavy atom. The smallest absolute Gasteiger partial charge is 0.226 e. The minimum atomic E-state index is 0.601. The van der Waals surface area contributed by atoms with E-state index < -0.39 is 0 Å². The number of hydrogen-bond acceptors (Lipinski definition) is 8. The van der Waals surface area contributed by atoms with E-state index in [-0.39, 0.29) is 0 Å². The number of aromatic nitrogens is 3. The van der Waals surface area contributed by atoms with Crippen LogP contribution in [0.4, 0.5) is 0 Å². The lowest BCUT2D eigenvalue weighted by atomic mass is 10.2. The average Bonchev–Trinajstić information content (AvgIpc) is 3.32. The maximum absolute atomic E-state index is 5.71. The van der Waals surface area contributed by atoms with E-state index in [2.05, 4.69) is 16.0 Å². The Hall–Kier alpha value is -2.94. The van der Waals surface area contributed by atoms with Crippen LogP contribution in [0.3, 0.4) is 0 Å². The predicted molar refractivity (Wildman–Crippen MR) is 124 cm³/mol. The Morgan fingerprint density at radius 3 is 2.62 bits per heavy atom. The van der Waals surface area contributed by atoms with E-state index in [0.29, 0.717) is 11.6 Å². The highest BCUT2D eigenvalue weighted by Crippen LogP contribution is 2.29. The molecule has 0 spiro atoms. The highest BCUT2D eigenvalue weighted by Gasteiger charge is 2.15. The van der Waals surface area contributed by atoms with Crippen LogP contribution in [0.5, 0.6) is 5.75 Å². The number of morpholine rings is 1. The molecule has 2 aromatic carbocycles. The van der Waals surface area contributed by atoms with Gasteiger partial charge in [0.25, 0.3) is 0 Å². The molecule has 0 N–H and O–H groups in total. The minimum absolute atomic E-state index is 0.601. The standard InChI is InChI=1S/C24H24N4O3S/c1-29-19-8-6-17(7-9-19)23-25-18(15-31-23)16-32-24-20-4-2-3-5-21(20)26-22(27-24)14-28-10-12-30-13-11-28/h2-9,15H,10-14,16H2,1H3. The van der Waals surface area contributed by atoms with E-state index in [0.717, 1.165) is 71.6 Å². The molecule has 1 saturated heterocycles. The third-order valence-electron chi connectivity index (χ3n) is 5.33. The largest absolute Gasteiger partial charge is 0.497 e. The molecule has 8 heteroatoms. The Labute approximate surface area is 190 Å². The summed E-state index contributed by atoms with van der Waals surface area (Å²) in [6.07, 6.45) is 1.71. The lowest BCUT2D eigenvalue weighted by molar-refractivity contribution is 0.0330. The number of benzene rings is 2. The van der Waals surface area contributed by atoms with Gasteiger partial charge in [-0.1, -0.05) is 30.0 Å². The van der Waals surface area contributed by atoms with Crippen molar-refractivity contribution in [2.24, 2.45) is 0 Å². The molecule has 0 bridgehead atoms. The Kier molecular flexibility index (Phi) is 6.34. The average molecular weight is 449 g/mol. The summed E-state index contributed by atoms with van der Waals surface area (Å²) >= 11 is 1.66. The van der Waals surface area contributed by atoms with Crippen molar-refractivity contribution in [3.63, 3.8) is 0 Å². The fourth-order valence-corrected chi connectivity index (χ4v) is 4.53. The van der Waals surface area contributed by atoms with Gasteiger partial charge in [0.2, 0.25) is 5.89 Å². The first-order valence-corrected chi connectivity index (χ1v) is 11.5. The summed E-state index contributed by atoms with van der Waals surface area (Å²) in [5.74, 6) is 2.91. The van der Waals surface area contributed by atoms with E-state index in [4.69, 9.17) is 23.9 Å². The Balaban J connectivity index is 1.33. The van der Waals surface area contributed by atoms with Crippen LogP contribution in [-0.2, 0) is 17.0 Å². The van der Waals surface area contributed by atoms with Gasteiger partial charge in [0.05, 0.1) is 38.1 Å². The molecule has 0 radical (unpaired) electrons. The number of para-hydroxylation sites is 1. The zero-order valence-electron chi connectivity index (χ0n) is 17.9. The molecule has 0 aliphatic carbocycles. The normalized spacial score (nSPS) is 14.7. The number of ether oxygens (including phenoxy) is 2. The topological polar surface area (TPSA) is 73.5 Å². The fraction of sp³-hybridized carbons (Fsp3) is 0.292. The highest BCUT2D eigenvalue weighted by atomic mass is 32.2. The van der Waals surface area contributed by atoms with Crippen LogP contribution in [0.2, 0.25) is 0 Å². The SMILES string of the molecule is COc1ccc(-c2nc(CSc3nc(CN4CCOCC4)nc4ccccc34)co2)cc1. The van der Waals surface area contributed by atoms with Crippen LogP contribution in [0.25, 0.3) is 22.4 Å². The van der Waals surface area contributed by atoms with Gasteiger partial charge in [0.1, 0.15) is 22.9 Å². The van der Waals surface area contributed by atoms with E-state index in [9.17, 15) is 0 Å². The molecule has 0 atom stereocenters. The van der Waals surface area contributed by atoms with Gasteiger partial charge in [0.15, 0.2) is 0 Å². The molecular weight excluding hydrogens is 424 g/mol. The first kappa shape index (κ1) is 20.9. The summed E-state index contributed by atoms with van der Waals surface area (Å²) in [5.41, 5.74) is 2.76. The molecular formula is C24H24N4O3S. The summed E-state index contributed by atoms with van der Waals surface area (Å²) < 4.78 is 16.4. The van der Waals surface area contributed by atoms with Crippen molar-refractivity contribution in [2.75, 3.05) is 33.4 Å². The Morgan fingerprint density at radius 1 is 1.00 bits per heavy atom. The number of methoxy groups -OCH3 is 1. The lowest BCUT2D eigenvalue weighted by Gasteiger charge is -2.25. The molecule has 32 heavy (non-hydrogen) atoms. The van der Waals surface area contributed by atoms with Crippen molar-refractivity contribution >= 4 is 22.7 Å². The Bertz CT molecular complexity index is 1190. The second-order valence-electron chi connectivity index (χ2n) is 7.51. The van der Waals surface area contributed by atoms with E-state index in [1.54, 1.807) is 25.1 Å². The minimum Gasteiger partial charge on any atom is -0.497 e. The second kappa shape index (κ2) is 9.68. The van der Waals surface area contributed by atoms with E-state index >= 15 is 0 Å². The molecule has 5 rings (SSSR count). The summed E-state index contributed by atoms with van der Waals surface area (Å²) in [6, 6.07) is 15.8. The molecule has 3 heterocycles. The van der Waals surface area contributed by atoms with Crippen LogP contribution in [0.1, 0.15) is 11.5 Å². The summed E-state index contributed by atoms with van der Waals surface area (Å²) in [7, 11) is 1.65. The molecule has 1 aliphatic heterocycles. The van der Waals surface area contributed by atoms with Gasteiger partial charge in [-0.15, -0.1) is 0 Å². The number of thioether (sulfide) groups is 1. The zero-order chi connectivity index (χ0) is 21.8. The van der Waals surface area contributed by atoms with Gasteiger partial charge in [-0.3, -0.25) is 4.90 Å². The predicted octanol–water partition coefficient (Wildman–Crippen LogP) is 4.42. The molecule has 2 aromatic heterocycles. The number of oxazole rings is 1. The van der Waals surface area contributed by atoms with E-state index in [1.165, 1.54) is 0 Å². The van der Waals surface area contributed by atoms with E-state index in [1.807, 2.05) is 42.5 Å². The van der Waals surface area contributed by atoms with Gasteiger partial charge in [-0.2, -0.15) is 0 Å². The van der Waals surface area contributed by atoms with Gasteiger partial charge in [0, 0.05) is 29.8 Å². The van der Waals surface area contributed by atoms with Gasteiger partial charge in [-0.25, -0.2) is 15.0 Å². The fourth-order valence-electron chi connectivity index (χ4n) is 3.62. The summed E-state index contributed by atoms with van der Waals surface area (Å²) in [6.45, 7) is 4.07. The van der Waals surface area contributed by atoms with Crippen LogP contribution >= 0.6 is 11.8 Å². The van der Waals surface area contributed by atoms with Crippen molar-refractivity contribution in [3.05, 3.63) is 66.3 Å². The van der Waals surface area contributed by atoms with Crippen molar-refractivity contribution in [2.45, 2.75) is 17.3 Å². The van der Waals surface area contributed by atoms with Crippen molar-refractivity contribution in [3.8, 4) is 17.2 Å². The first-order chi connectivity index (χ1) is 15.8. The number of hydrogen-bond donors (Lipinski definition) is 0. The monoisotopic (exact) mass is 448 g/mol. The third-order valence-corrected chi connectivity index (χ3v) is 6.35. The summed E-state index contributed by atoms with van der Waals surface area (Å²) in [4.78, 5) is 16.7. The second-order valence-corrected chi connectivity index (χ2v) is 8.48. The number of nitrogens with zero attached hydrogens (tertiary/aromatic N) is 4. The maximum Gasteiger partial charge on any atom is 0.226 e. The highest BCUT2D eigenvalue weighted by molar-refractivity contribution is 7.98. The van der Waals surface area contributed by atoms with Crippen LogP contribution < -0.4 is 4.74 Å². The van der Waals surface area contributed by atoms with Crippen LogP contribution in [0.15, 0.2) is 64.2 Å². The molecule has 4 aromatic rings.